The average Bonchev–Trinajstić information content (AvgIpc) is 3.35. The Morgan fingerprint density at radius 1 is 1.11 bits per heavy atom. The summed E-state index contributed by atoms with van der Waals surface area (Å²) in [7, 11) is 0. The normalized spacial score (nSPS) is 21.3. The van der Waals surface area contributed by atoms with Gasteiger partial charge in [-0.2, -0.15) is 0 Å². The van der Waals surface area contributed by atoms with Gasteiger partial charge in [-0.05, 0) is 30.5 Å². The molecule has 2 N–H and O–H groups in total. The van der Waals surface area contributed by atoms with Gasteiger partial charge in [0.1, 0.15) is 6.04 Å². The predicted molar refractivity (Wildman–Crippen MR) is 99.5 cm³/mol. The van der Waals surface area contributed by atoms with Crippen LogP contribution in [-0.4, -0.2) is 42.3 Å². The van der Waals surface area contributed by atoms with Gasteiger partial charge in [-0.15, -0.1) is 0 Å². The second kappa shape index (κ2) is 7.90. The highest BCUT2D eigenvalue weighted by Gasteiger charge is 2.31. The SMILES string of the molecule is O=C(NCc1ccc2c(c1)OCO2)[C@H]1C=CCN1C(=O)NC1CCCCC1. The van der Waals surface area contributed by atoms with Gasteiger partial charge in [-0.1, -0.05) is 37.5 Å². The lowest BCUT2D eigenvalue weighted by Crippen LogP contribution is -2.52. The first kappa shape index (κ1) is 17.7. The molecule has 0 aromatic heterocycles. The molecular weight excluding hydrogens is 346 g/mol. The van der Waals surface area contributed by atoms with E-state index in [9.17, 15) is 9.59 Å². The molecule has 0 bridgehead atoms. The van der Waals surface area contributed by atoms with Gasteiger partial charge >= 0.3 is 6.03 Å². The van der Waals surface area contributed by atoms with Crippen LogP contribution in [0.5, 0.6) is 11.5 Å². The first-order valence-electron chi connectivity index (χ1n) is 9.61. The van der Waals surface area contributed by atoms with Gasteiger partial charge < -0.3 is 25.0 Å². The van der Waals surface area contributed by atoms with E-state index in [1.807, 2.05) is 24.3 Å². The summed E-state index contributed by atoms with van der Waals surface area (Å²) in [6.45, 7) is 1.06. The van der Waals surface area contributed by atoms with Gasteiger partial charge in [0.15, 0.2) is 11.5 Å². The number of rotatable bonds is 4. The van der Waals surface area contributed by atoms with E-state index in [4.69, 9.17) is 9.47 Å². The molecule has 7 heteroatoms. The number of urea groups is 1. The molecule has 2 aliphatic heterocycles. The van der Waals surface area contributed by atoms with Crippen LogP contribution in [0.2, 0.25) is 0 Å². The molecule has 144 valence electrons. The van der Waals surface area contributed by atoms with Crippen molar-refractivity contribution in [1.29, 1.82) is 0 Å². The Labute approximate surface area is 158 Å². The minimum Gasteiger partial charge on any atom is -0.454 e. The summed E-state index contributed by atoms with van der Waals surface area (Å²) in [4.78, 5) is 26.8. The van der Waals surface area contributed by atoms with Crippen molar-refractivity contribution in [3.05, 3.63) is 35.9 Å². The number of amides is 3. The van der Waals surface area contributed by atoms with Crippen molar-refractivity contribution in [3.63, 3.8) is 0 Å². The van der Waals surface area contributed by atoms with Crippen LogP contribution in [0, 0.1) is 0 Å². The van der Waals surface area contributed by atoms with E-state index in [1.165, 1.54) is 6.42 Å². The average molecular weight is 371 g/mol. The lowest BCUT2D eigenvalue weighted by atomic mass is 9.96. The summed E-state index contributed by atoms with van der Waals surface area (Å²) in [5.74, 6) is 1.23. The molecule has 7 nitrogen and oxygen atoms in total. The van der Waals surface area contributed by atoms with Crippen LogP contribution in [0.15, 0.2) is 30.4 Å². The predicted octanol–water partition coefficient (Wildman–Crippen LogP) is 2.31. The van der Waals surface area contributed by atoms with E-state index >= 15 is 0 Å². The summed E-state index contributed by atoms with van der Waals surface area (Å²) in [5, 5.41) is 6.00. The van der Waals surface area contributed by atoms with Crippen molar-refractivity contribution in [1.82, 2.24) is 15.5 Å². The van der Waals surface area contributed by atoms with Crippen LogP contribution < -0.4 is 20.1 Å². The van der Waals surface area contributed by atoms with Crippen molar-refractivity contribution >= 4 is 11.9 Å². The van der Waals surface area contributed by atoms with E-state index in [1.54, 1.807) is 11.0 Å². The highest BCUT2D eigenvalue weighted by Crippen LogP contribution is 2.32. The van der Waals surface area contributed by atoms with E-state index in [2.05, 4.69) is 10.6 Å². The molecule has 0 radical (unpaired) electrons. The molecule has 0 spiro atoms. The molecule has 1 fully saturated rings. The second-order valence-corrected chi connectivity index (χ2v) is 7.22. The van der Waals surface area contributed by atoms with E-state index in [-0.39, 0.29) is 24.8 Å². The molecule has 4 rings (SSSR count). The third kappa shape index (κ3) is 4.02. The molecule has 27 heavy (non-hydrogen) atoms. The zero-order valence-corrected chi connectivity index (χ0v) is 15.3. The number of nitrogens with one attached hydrogen (secondary N) is 2. The number of fused-ring (bicyclic) bond motifs is 1. The smallest absolute Gasteiger partial charge is 0.318 e. The van der Waals surface area contributed by atoms with Crippen molar-refractivity contribution in [2.75, 3.05) is 13.3 Å². The molecular formula is C20H25N3O4. The first-order valence-corrected chi connectivity index (χ1v) is 9.61. The van der Waals surface area contributed by atoms with Crippen molar-refractivity contribution in [2.24, 2.45) is 0 Å². The number of carbonyl (C=O) groups is 2. The van der Waals surface area contributed by atoms with Crippen LogP contribution in [0.1, 0.15) is 37.7 Å². The highest BCUT2D eigenvalue weighted by molar-refractivity contribution is 5.89. The fraction of sp³-hybridized carbons (Fsp3) is 0.500. The van der Waals surface area contributed by atoms with Crippen LogP contribution in [0.4, 0.5) is 4.79 Å². The number of benzene rings is 1. The van der Waals surface area contributed by atoms with E-state index < -0.39 is 6.04 Å². The van der Waals surface area contributed by atoms with Gasteiger partial charge in [0.25, 0.3) is 0 Å². The third-order valence-electron chi connectivity index (χ3n) is 5.32. The molecule has 1 atom stereocenters. The van der Waals surface area contributed by atoms with Gasteiger partial charge in [0.2, 0.25) is 12.7 Å². The van der Waals surface area contributed by atoms with E-state index in [0.717, 1.165) is 37.0 Å². The standard InChI is InChI=1S/C20H25N3O4/c24-19(21-12-14-8-9-17-18(11-14)27-13-26-17)16-7-4-10-23(16)20(25)22-15-5-2-1-3-6-15/h4,7-9,11,15-16H,1-3,5-6,10,12-13H2,(H,21,24)(H,22,25)/t16-/m1/s1. The molecule has 3 amide bonds. The number of carbonyl (C=O) groups excluding carboxylic acids is 2. The van der Waals surface area contributed by atoms with Crippen molar-refractivity contribution in [2.45, 2.75) is 50.7 Å². The van der Waals surface area contributed by atoms with Crippen LogP contribution in [0.25, 0.3) is 0 Å². The van der Waals surface area contributed by atoms with E-state index in [0.29, 0.717) is 18.8 Å². The Morgan fingerprint density at radius 2 is 1.93 bits per heavy atom. The Bertz CT molecular complexity index is 743. The molecule has 3 aliphatic rings. The Hall–Kier alpha value is -2.70. The number of nitrogens with zero attached hydrogens (tertiary/aromatic N) is 1. The summed E-state index contributed by atoms with van der Waals surface area (Å²) in [5.41, 5.74) is 0.924. The Kier molecular flexibility index (Phi) is 5.18. The number of hydrogen-bond donors (Lipinski definition) is 2. The summed E-state index contributed by atoms with van der Waals surface area (Å²) >= 11 is 0. The van der Waals surface area contributed by atoms with Gasteiger partial charge in [0, 0.05) is 19.1 Å². The van der Waals surface area contributed by atoms with Crippen molar-refractivity contribution < 1.29 is 19.1 Å². The molecule has 0 saturated heterocycles. The van der Waals surface area contributed by atoms with Crippen LogP contribution >= 0.6 is 0 Å². The molecule has 1 aromatic carbocycles. The maximum Gasteiger partial charge on any atom is 0.318 e. The molecule has 0 unspecified atom stereocenters. The largest absolute Gasteiger partial charge is 0.454 e. The monoisotopic (exact) mass is 371 g/mol. The zero-order valence-electron chi connectivity index (χ0n) is 15.3. The number of hydrogen-bond acceptors (Lipinski definition) is 4. The summed E-state index contributed by atoms with van der Waals surface area (Å²) in [6, 6.07) is 5.09. The first-order chi connectivity index (χ1) is 13.2. The maximum atomic E-state index is 12.6. The lowest BCUT2D eigenvalue weighted by Gasteiger charge is -2.29. The number of ether oxygens (including phenoxy) is 2. The maximum absolute atomic E-state index is 12.6. The minimum atomic E-state index is -0.567. The molecule has 1 aromatic rings. The van der Waals surface area contributed by atoms with Gasteiger partial charge in [-0.25, -0.2) is 4.79 Å². The highest BCUT2D eigenvalue weighted by atomic mass is 16.7. The summed E-state index contributed by atoms with van der Waals surface area (Å²) in [6.07, 6.45) is 9.25. The molecule has 2 heterocycles. The molecule has 1 saturated carbocycles. The summed E-state index contributed by atoms with van der Waals surface area (Å²) < 4.78 is 10.7. The Morgan fingerprint density at radius 3 is 2.78 bits per heavy atom. The van der Waals surface area contributed by atoms with Crippen LogP contribution in [0.3, 0.4) is 0 Å². The zero-order chi connectivity index (χ0) is 18.6. The van der Waals surface area contributed by atoms with Crippen LogP contribution in [-0.2, 0) is 11.3 Å². The topological polar surface area (TPSA) is 79.9 Å². The lowest BCUT2D eigenvalue weighted by molar-refractivity contribution is -0.123. The minimum absolute atomic E-state index is 0.157. The molecule has 1 aliphatic carbocycles. The quantitative estimate of drug-likeness (QED) is 0.796. The van der Waals surface area contributed by atoms with Gasteiger partial charge in [-0.3, -0.25) is 4.79 Å². The third-order valence-corrected chi connectivity index (χ3v) is 5.32. The van der Waals surface area contributed by atoms with Crippen molar-refractivity contribution in [3.8, 4) is 11.5 Å². The fourth-order valence-electron chi connectivity index (χ4n) is 3.81. The van der Waals surface area contributed by atoms with Gasteiger partial charge in [0.05, 0.1) is 0 Å². The Balaban J connectivity index is 1.31. The fourth-order valence-corrected chi connectivity index (χ4v) is 3.81. The second-order valence-electron chi connectivity index (χ2n) is 7.22.